The summed E-state index contributed by atoms with van der Waals surface area (Å²) in [6.45, 7) is 1.76. The van der Waals surface area contributed by atoms with Crippen molar-refractivity contribution in [2.24, 2.45) is 5.92 Å². The molecule has 0 unspecified atom stereocenters. The number of nitrogens with zero attached hydrogens (tertiary/aromatic N) is 2. The molecule has 1 fully saturated rings. The summed E-state index contributed by atoms with van der Waals surface area (Å²) < 4.78 is 5.10. The third-order valence-electron chi connectivity index (χ3n) is 4.88. The number of hydrogen-bond donors (Lipinski definition) is 1. The molecular formula is C22H21N3O4. The molecule has 0 spiro atoms. The molecule has 7 heteroatoms. The molecule has 1 saturated heterocycles. The summed E-state index contributed by atoms with van der Waals surface area (Å²) in [5, 5.41) is 11.4. The monoisotopic (exact) mass is 391 g/mol. The van der Waals surface area contributed by atoms with Crippen molar-refractivity contribution in [3.63, 3.8) is 0 Å². The van der Waals surface area contributed by atoms with E-state index in [1.165, 1.54) is 0 Å². The van der Waals surface area contributed by atoms with Gasteiger partial charge in [-0.1, -0.05) is 30.3 Å². The van der Waals surface area contributed by atoms with E-state index < -0.39 is 24.4 Å². The van der Waals surface area contributed by atoms with Gasteiger partial charge in [-0.3, -0.25) is 14.4 Å². The van der Waals surface area contributed by atoms with E-state index in [2.05, 4.69) is 5.32 Å². The lowest BCUT2D eigenvalue weighted by Crippen LogP contribution is -2.30. The van der Waals surface area contributed by atoms with Gasteiger partial charge in [-0.2, -0.15) is 5.26 Å². The molecule has 0 aliphatic carbocycles. The minimum atomic E-state index is -0.587. The molecule has 1 heterocycles. The van der Waals surface area contributed by atoms with Crippen LogP contribution < -0.4 is 5.32 Å². The smallest absolute Gasteiger partial charge is 0.311 e. The van der Waals surface area contributed by atoms with Crippen LogP contribution in [0.15, 0.2) is 54.6 Å². The normalized spacial score (nSPS) is 16.8. The first kappa shape index (κ1) is 20.1. The fourth-order valence-corrected chi connectivity index (χ4v) is 3.26. The maximum Gasteiger partial charge on any atom is 0.311 e. The zero-order valence-corrected chi connectivity index (χ0v) is 16.0. The molecule has 1 aliphatic heterocycles. The maximum absolute atomic E-state index is 12.4. The minimum absolute atomic E-state index is 0.0766. The van der Waals surface area contributed by atoms with E-state index >= 15 is 0 Å². The molecule has 148 valence electrons. The van der Waals surface area contributed by atoms with Gasteiger partial charge >= 0.3 is 5.97 Å². The minimum Gasteiger partial charge on any atom is -0.455 e. The number of rotatable bonds is 6. The molecule has 29 heavy (non-hydrogen) atoms. The number of carbonyl (C=O) groups excluding carboxylic acids is 3. The number of amides is 2. The highest BCUT2D eigenvalue weighted by atomic mass is 16.5. The third-order valence-corrected chi connectivity index (χ3v) is 4.88. The summed E-state index contributed by atoms with van der Waals surface area (Å²) >= 11 is 0. The van der Waals surface area contributed by atoms with Gasteiger partial charge in [0.15, 0.2) is 6.61 Å². The molecule has 0 aromatic heterocycles. The van der Waals surface area contributed by atoms with Crippen LogP contribution in [-0.2, 0) is 19.1 Å². The van der Waals surface area contributed by atoms with Crippen molar-refractivity contribution >= 4 is 23.5 Å². The number of carbonyl (C=O) groups is 3. The van der Waals surface area contributed by atoms with Gasteiger partial charge in [0, 0.05) is 18.7 Å². The Morgan fingerprint density at radius 1 is 1.21 bits per heavy atom. The summed E-state index contributed by atoms with van der Waals surface area (Å²) in [6, 6.07) is 17.8. The highest BCUT2D eigenvalue weighted by Gasteiger charge is 2.38. The second-order valence-corrected chi connectivity index (χ2v) is 6.88. The van der Waals surface area contributed by atoms with Gasteiger partial charge in [0.2, 0.25) is 5.91 Å². The average molecular weight is 391 g/mol. The van der Waals surface area contributed by atoms with Crippen molar-refractivity contribution in [2.75, 3.05) is 18.5 Å². The van der Waals surface area contributed by atoms with Crippen molar-refractivity contribution in [1.29, 1.82) is 5.26 Å². The van der Waals surface area contributed by atoms with Gasteiger partial charge in [0.05, 0.1) is 23.6 Å². The number of anilines is 1. The number of hydrogen-bond acceptors (Lipinski definition) is 5. The molecular weight excluding hydrogens is 370 g/mol. The van der Waals surface area contributed by atoms with Gasteiger partial charge in [-0.25, -0.2) is 0 Å². The molecule has 2 amide bonds. The van der Waals surface area contributed by atoms with Gasteiger partial charge in [0.1, 0.15) is 0 Å². The largest absolute Gasteiger partial charge is 0.455 e. The van der Waals surface area contributed by atoms with Crippen molar-refractivity contribution in [1.82, 2.24) is 4.90 Å². The van der Waals surface area contributed by atoms with Crippen molar-refractivity contribution in [2.45, 2.75) is 19.4 Å². The molecule has 1 N–H and O–H groups in total. The molecule has 2 aromatic rings. The predicted octanol–water partition coefficient (Wildman–Crippen LogP) is 2.65. The lowest BCUT2D eigenvalue weighted by Gasteiger charge is -2.25. The van der Waals surface area contributed by atoms with E-state index in [-0.39, 0.29) is 24.9 Å². The Hall–Kier alpha value is -3.66. The fourth-order valence-electron chi connectivity index (χ4n) is 3.26. The second kappa shape index (κ2) is 9.02. The quantitative estimate of drug-likeness (QED) is 0.763. The van der Waals surface area contributed by atoms with E-state index in [0.29, 0.717) is 11.3 Å². The predicted molar refractivity (Wildman–Crippen MR) is 105 cm³/mol. The molecule has 3 rings (SSSR count). The van der Waals surface area contributed by atoms with Crippen molar-refractivity contribution in [3.8, 4) is 6.07 Å². The van der Waals surface area contributed by atoms with Crippen LogP contribution in [0.2, 0.25) is 0 Å². The standard InChI is InChI=1S/C22H21N3O4/c1-15(17-5-3-2-4-6-17)25-13-18(11-21(25)27)22(28)29-14-20(26)24-19-9-7-16(12-23)8-10-19/h2-10,15,18H,11,13-14H2,1H3,(H,24,26)/t15-,18+/m0/s1. The van der Waals surface area contributed by atoms with E-state index in [1.54, 1.807) is 29.2 Å². The summed E-state index contributed by atoms with van der Waals surface area (Å²) in [5.41, 5.74) is 1.98. The molecule has 2 atom stereocenters. The van der Waals surface area contributed by atoms with E-state index in [1.807, 2.05) is 43.3 Å². The zero-order valence-electron chi connectivity index (χ0n) is 16.0. The Balaban J connectivity index is 1.50. The van der Waals surface area contributed by atoms with Gasteiger partial charge in [-0.05, 0) is 36.8 Å². The lowest BCUT2D eigenvalue weighted by atomic mass is 10.1. The molecule has 2 aromatic carbocycles. The number of benzene rings is 2. The first-order valence-electron chi connectivity index (χ1n) is 9.29. The molecule has 1 aliphatic rings. The fraction of sp³-hybridized carbons (Fsp3) is 0.273. The molecule has 0 bridgehead atoms. The van der Waals surface area contributed by atoms with Crippen LogP contribution in [0.4, 0.5) is 5.69 Å². The van der Waals surface area contributed by atoms with E-state index in [0.717, 1.165) is 5.56 Å². The summed E-state index contributed by atoms with van der Waals surface area (Å²) in [7, 11) is 0. The number of ether oxygens (including phenoxy) is 1. The van der Waals surface area contributed by atoms with Crippen molar-refractivity contribution < 1.29 is 19.1 Å². The average Bonchev–Trinajstić information content (AvgIpc) is 3.14. The second-order valence-electron chi connectivity index (χ2n) is 6.88. The highest BCUT2D eigenvalue weighted by molar-refractivity contribution is 5.93. The Morgan fingerprint density at radius 2 is 1.90 bits per heavy atom. The lowest BCUT2D eigenvalue weighted by molar-refractivity contribution is -0.151. The Labute approximate surface area is 168 Å². The molecule has 0 radical (unpaired) electrons. The maximum atomic E-state index is 12.4. The van der Waals surface area contributed by atoms with Crippen LogP contribution in [-0.4, -0.2) is 35.8 Å². The van der Waals surface area contributed by atoms with Crippen LogP contribution in [0.25, 0.3) is 0 Å². The SMILES string of the molecule is C[C@@H](c1ccccc1)N1C[C@H](C(=O)OCC(=O)Nc2ccc(C#N)cc2)CC1=O. The van der Waals surface area contributed by atoms with Crippen molar-refractivity contribution in [3.05, 3.63) is 65.7 Å². The highest BCUT2D eigenvalue weighted by Crippen LogP contribution is 2.29. The van der Waals surface area contributed by atoms with Crippen LogP contribution in [0.5, 0.6) is 0 Å². The number of likely N-dealkylation sites (tertiary alicyclic amines) is 1. The van der Waals surface area contributed by atoms with Crippen LogP contribution in [0.1, 0.15) is 30.5 Å². The summed E-state index contributed by atoms with van der Waals surface area (Å²) in [4.78, 5) is 38.3. The summed E-state index contributed by atoms with van der Waals surface area (Å²) in [5.74, 6) is -1.74. The number of esters is 1. The zero-order chi connectivity index (χ0) is 20.8. The Bertz CT molecular complexity index is 935. The summed E-state index contributed by atoms with van der Waals surface area (Å²) in [6.07, 6.45) is 0.0766. The first-order chi connectivity index (χ1) is 14.0. The third kappa shape index (κ3) is 4.99. The van der Waals surface area contributed by atoms with E-state index in [4.69, 9.17) is 10.00 Å². The number of nitriles is 1. The topological polar surface area (TPSA) is 99.5 Å². The van der Waals surface area contributed by atoms with Gasteiger partial charge in [-0.15, -0.1) is 0 Å². The van der Waals surface area contributed by atoms with Crippen LogP contribution in [0.3, 0.4) is 0 Å². The Morgan fingerprint density at radius 3 is 2.55 bits per heavy atom. The van der Waals surface area contributed by atoms with Gasteiger partial charge in [0.25, 0.3) is 5.91 Å². The van der Waals surface area contributed by atoms with Crippen LogP contribution >= 0.6 is 0 Å². The van der Waals surface area contributed by atoms with Gasteiger partial charge < -0.3 is 15.0 Å². The van der Waals surface area contributed by atoms with Crippen LogP contribution in [0, 0.1) is 17.2 Å². The number of nitrogens with one attached hydrogen (secondary N) is 1. The molecule has 0 saturated carbocycles. The molecule has 7 nitrogen and oxygen atoms in total. The van der Waals surface area contributed by atoms with E-state index in [9.17, 15) is 14.4 Å². The Kier molecular flexibility index (Phi) is 6.25. The first-order valence-corrected chi connectivity index (χ1v) is 9.29.